The third-order valence-electron chi connectivity index (χ3n) is 1.51. The van der Waals surface area contributed by atoms with Crippen molar-refractivity contribution in [2.45, 2.75) is 32.8 Å². The molecular weight excluding hydrogens is 160 g/mol. The van der Waals surface area contributed by atoms with Crippen LogP contribution >= 0.6 is 0 Å². The lowest BCUT2D eigenvalue weighted by Crippen LogP contribution is -2.22. The molecule has 0 spiro atoms. The minimum absolute atomic E-state index is 0.0281. The van der Waals surface area contributed by atoms with Crippen LogP contribution in [0.3, 0.4) is 0 Å². The second-order valence-corrected chi connectivity index (χ2v) is 2.42. The molecule has 12 heavy (non-hydrogen) atoms. The molecule has 0 fully saturated rings. The number of carboxylic acids is 1. The third kappa shape index (κ3) is 4.08. The van der Waals surface area contributed by atoms with Gasteiger partial charge in [0, 0.05) is 13.0 Å². The van der Waals surface area contributed by atoms with Crippen LogP contribution in [0.4, 0.5) is 0 Å². The van der Waals surface area contributed by atoms with Gasteiger partial charge in [-0.25, -0.2) is 4.79 Å². The molecule has 0 aliphatic carbocycles. The topological polar surface area (TPSA) is 63.6 Å². The molecule has 0 radical (unpaired) electrons. The van der Waals surface area contributed by atoms with Gasteiger partial charge in [-0.15, -0.1) is 0 Å². The van der Waals surface area contributed by atoms with Crippen molar-refractivity contribution in [2.24, 2.45) is 0 Å². The molecule has 1 atom stereocenters. The number of ether oxygens (including phenoxy) is 1. The number of carbonyl (C=O) groups is 2. The van der Waals surface area contributed by atoms with E-state index in [1.54, 1.807) is 0 Å². The molecule has 0 bridgehead atoms. The molecule has 0 rings (SSSR count). The van der Waals surface area contributed by atoms with Gasteiger partial charge in [-0.1, -0.05) is 6.92 Å². The van der Waals surface area contributed by atoms with E-state index in [4.69, 9.17) is 9.84 Å². The van der Waals surface area contributed by atoms with E-state index in [1.165, 1.54) is 0 Å². The molecule has 0 saturated carbocycles. The van der Waals surface area contributed by atoms with Crippen LogP contribution < -0.4 is 0 Å². The number of ketones is 1. The molecule has 70 valence electrons. The Kier molecular flexibility index (Phi) is 5.28. The molecule has 0 amide bonds. The zero-order chi connectivity index (χ0) is 9.56. The average Bonchev–Trinajstić information content (AvgIpc) is 2.03. The lowest BCUT2D eigenvalue weighted by Gasteiger charge is -2.11. The number of Topliss-reactive ketones (excluding diaryl/α,β-unsaturated/α-hetero) is 1. The highest BCUT2D eigenvalue weighted by molar-refractivity contribution is 6.32. The summed E-state index contributed by atoms with van der Waals surface area (Å²) in [5.74, 6) is -2.16. The first-order valence-electron chi connectivity index (χ1n) is 3.99. The molecule has 0 saturated heterocycles. The standard InChI is InChI=1S/C8H14O4/c1-3-6(12-4-2)5-7(9)8(10)11/h6H,3-5H2,1-2H3,(H,10,11). The first-order valence-corrected chi connectivity index (χ1v) is 3.99. The fourth-order valence-electron chi connectivity index (χ4n) is 0.851. The van der Waals surface area contributed by atoms with Crippen molar-refractivity contribution in [1.82, 2.24) is 0 Å². The van der Waals surface area contributed by atoms with Gasteiger partial charge in [-0.05, 0) is 13.3 Å². The Morgan fingerprint density at radius 1 is 1.42 bits per heavy atom. The molecule has 0 aromatic carbocycles. The summed E-state index contributed by atoms with van der Waals surface area (Å²) in [5.41, 5.74) is 0. The number of rotatable bonds is 6. The zero-order valence-corrected chi connectivity index (χ0v) is 7.37. The van der Waals surface area contributed by atoms with Gasteiger partial charge in [0.2, 0.25) is 5.78 Å². The summed E-state index contributed by atoms with van der Waals surface area (Å²) in [6.45, 7) is 4.18. The Morgan fingerprint density at radius 2 is 2.00 bits per heavy atom. The molecule has 1 N–H and O–H groups in total. The summed E-state index contributed by atoms with van der Waals surface area (Å²) >= 11 is 0. The van der Waals surface area contributed by atoms with Gasteiger partial charge in [0.15, 0.2) is 0 Å². The van der Waals surface area contributed by atoms with Crippen LogP contribution in [-0.4, -0.2) is 29.6 Å². The van der Waals surface area contributed by atoms with Gasteiger partial charge in [-0.3, -0.25) is 4.79 Å². The molecule has 0 aromatic heterocycles. The van der Waals surface area contributed by atoms with Crippen LogP contribution in [-0.2, 0) is 14.3 Å². The summed E-state index contributed by atoms with van der Waals surface area (Å²) in [4.78, 5) is 20.9. The second kappa shape index (κ2) is 5.71. The summed E-state index contributed by atoms with van der Waals surface area (Å²) < 4.78 is 5.13. The van der Waals surface area contributed by atoms with Gasteiger partial charge in [0.05, 0.1) is 6.10 Å². The largest absolute Gasteiger partial charge is 0.475 e. The van der Waals surface area contributed by atoms with Gasteiger partial charge < -0.3 is 9.84 Å². The van der Waals surface area contributed by atoms with Gasteiger partial charge in [0.25, 0.3) is 0 Å². The van der Waals surface area contributed by atoms with Crippen molar-refractivity contribution in [3.63, 3.8) is 0 Å². The fraction of sp³-hybridized carbons (Fsp3) is 0.750. The van der Waals surface area contributed by atoms with Crippen LogP contribution in [0.15, 0.2) is 0 Å². The van der Waals surface area contributed by atoms with E-state index in [-0.39, 0.29) is 12.5 Å². The smallest absolute Gasteiger partial charge is 0.372 e. The maximum atomic E-state index is 10.7. The highest BCUT2D eigenvalue weighted by Gasteiger charge is 2.17. The summed E-state index contributed by atoms with van der Waals surface area (Å²) in [6.07, 6.45) is 0.380. The zero-order valence-electron chi connectivity index (χ0n) is 7.37. The van der Waals surface area contributed by atoms with Crippen molar-refractivity contribution in [3.8, 4) is 0 Å². The Balaban J connectivity index is 3.85. The normalized spacial score (nSPS) is 12.5. The Morgan fingerprint density at radius 3 is 2.33 bits per heavy atom. The Hall–Kier alpha value is -0.900. The molecular formula is C8H14O4. The first kappa shape index (κ1) is 11.1. The van der Waals surface area contributed by atoms with Gasteiger partial charge in [-0.2, -0.15) is 0 Å². The van der Waals surface area contributed by atoms with E-state index in [0.29, 0.717) is 13.0 Å². The Bertz CT molecular complexity index is 164. The predicted molar refractivity (Wildman–Crippen MR) is 43.0 cm³/mol. The summed E-state index contributed by atoms with van der Waals surface area (Å²) in [7, 11) is 0. The Labute approximate surface area is 71.5 Å². The van der Waals surface area contributed by atoms with Gasteiger partial charge in [0.1, 0.15) is 0 Å². The number of hydrogen-bond donors (Lipinski definition) is 1. The van der Waals surface area contributed by atoms with Crippen LogP contribution in [0.2, 0.25) is 0 Å². The number of hydrogen-bond acceptors (Lipinski definition) is 3. The van der Waals surface area contributed by atoms with E-state index >= 15 is 0 Å². The molecule has 4 nitrogen and oxygen atoms in total. The molecule has 4 heteroatoms. The van der Waals surface area contributed by atoms with Crippen molar-refractivity contribution in [3.05, 3.63) is 0 Å². The summed E-state index contributed by atoms with van der Waals surface area (Å²) in [5, 5.41) is 8.29. The van der Waals surface area contributed by atoms with E-state index < -0.39 is 11.8 Å². The van der Waals surface area contributed by atoms with Crippen LogP contribution in [0.1, 0.15) is 26.7 Å². The average molecular weight is 174 g/mol. The monoisotopic (exact) mass is 174 g/mol. The highest BCUT2D eigenvalue weighted by Crippen LogP contribution is 2.03. The van der Waals surface area contributed by atoms with Crippen molar-refractivity contribution in [2.75, 3.05) is 6.61 Å². The lowest BCUT2D eigenvalue weighted by atomic mass is 10.1. The van der Waals surface area contributed by atoms with E-state index in [2.05, 4.69) is 0 Å². The van der Waals surface area contributed by atoms with Gasteiger partial charge >= 0.3 is 5.97 Å². The first-order chi connectivity index (χ1) is 5.61. The maximum absolute atomic E-state index is 10.7. The summed E-state index contributed by atoms with van der Waals surface area (Å²) in [6, 6.07) is 0. The second-order valence-electron chi connectivity index (χ2n) is 2.42. The van der Waals surface area contributed by atoms with Crippen LogP contribution in [0.5, 0.6) is 0 Å². The van der Waals surface area contributed by atoms with Crippen molar-refractivity contribution in [1.29, 1.82) is 0 Å². The quantitative estimate of drug-likeness (QED) is 0.606. The molecule has 1 unspecified atom stereocenters. The molecule has 0 aliphatic heterocycles. The van der Waals surface area contributed by atoms with E-state index in [1.807, 2.05) is 13.8 Å². The van der Waals surface area contributed by atoms with Crippen LogP contribution in [0.25, 0.3) is 0 Å². The predicted octanol–water partition coefficient (Wildman–Crippen LogP) is 0.845. The maximum Gasteiger partial charge on any atom is 0.372 e. The number of aliphatic carboxylic acids is 1. The number of carbonyl (C=O) groups excluding carboxylic acids is 1. The minimum Gasteiger partial charge on any atom is -0.475 e. The fourth-order valence-corrected chi connectivity index (χ4v) is 0.851. The van der Waals surface area contributed by atoms with Crippen molar-refractivity contribution >= 4 is 11.8 Å². The molecule has 0 aliphatic rings. The van der Waals surface area contributed by atoms with Crippen LogP contribution in [0, 0.1) is 0 Å². The third-order valence-corrected chi connectivity index (χ3v) is 1.51. The molecule has 0 aromatic rings. The minimum atomic E-state index is -1.38. The van der Waals surface area contributed by atoms with E-state index in [0.717, 1.165) is 0 Å². The van der Waals surface area contributed by atoms with E-state index in [9.17, 15) is 9.59 Å². The number of carboxylic acid groups (broad SMARTS) is 1. The lowest BCUT2D eigenvalue weighted by molar-refractivity contribution is -0.150. The van der Waals surface area contributed by atoms with Crippen molar-refractivity contribution < 1.29 is 19.4 Å². The molecule has 0 heterocycles. The highest BCUT2D eigenvalue weighted by atomic mass is 16.5. The SMILES string of the molecule is CCOC(CC)CC(=O)C(=O)O.